The Balaban J connectivity index is 1.55. The Labute approximate surface area is 165 Å². The van der Waals surface area contributed by atoms with Crippen LogP contribution >= 0.6 is 11.8 Å². The van der Waals surface area contributed by atoms with Crippen LogP contribution in [0.3, 0.4) is 0 Å². The Morgan fingerprint density at radius 1 is 1.18 bits per heavy atom. The number of nitrogens with zero attached hydrogens (tertiary/aromatic N) is 5. The highest BCUT2D eigenvalue weighted by atomic mass is 32.2. The van der Waals surface area contributed by atoms with Gasteiger partial charge in [0.1, 0.15) is 0 Å². The lowest BCUT2D eigenvalue weighted by molar-refractivity contribution is 0.424. The zero-order chi connectivity index (χ0) is 19.7. The number of aryl methyl sites for hydroxylation is 1. The maximum Gasteiger partial charge on any atom is 0.264 e. The minimum absolute atomic E-state index is 0.00959. The fourth-order valence-corrected chi connectivity index (χ4v) is 3.68. The van der Waals surface area contributed by atoms with Crippen molar-refractivity contribution >= 4 is 11.8 Å². The Morgan fingerprint density at radius 2 is 2.04 bits per heavy atom. The van der Waals surface area contributed by atoms with E-state index in [1.165, 1.54) is 23.4 Å². The third-order valence-corrected chi connectivity index (χ3v) is 5.45. The molecule has 0 saturated heterocycles. The zero-order valence-electron chi connectivity index (χ0n) is 15.6. The summed E-state index contributed by atoms with van der Waals surface area (Å²) in [6, 6.07) is 11.5. The molecule has 0 aliphatic rings. The molecule has 3 heterocycles. The molecule has 1 aromatic carbocycles. The number of hydrogen-bond donors (Lipinski definition) is 1. The van der Waals surface area contributed by atoms with Crippen LogP contribution in [0.25, 0.3) is 22.7 Å². The van der Waals surface area contributed by atoms with E-state index in [1.807, 2.05) is 49.7 Å². The van der Waals surface area contributed by atoms with Gasteiger partial charge < -0.3 is 9.09 Å². The summed E-state index contributed by atoms with van der Waals surface area (Å²) in [4.78, 5) is 11.5. The van der Waals surface area contributed by atoms with Gasteiger partial charge in [-0.2, -0.15) is 5.10 Å². The first-order valence-corrected chi connectivity index (χ1v) is 9.54. The van der Waals surface area contributed by atoms with E-state index in [1.54, 1.807) is 6.20 Å². The van der Waals surface area contributed by atoms with Crippen LogP contribution in [-0.2, 0) is 7.05 Å². The molecule has 0 amide bonds. The first kappa shape index (κ1) is 18.2. The molecular weight excluding hydrogens is 376 g/mol. The molecule has 0 fully saturated rings. The van der Waals surface area contributed by atoms with Crippen LogP contribution < -0.4 is 5.56 Å². The Morgan fingerprint density at radius 3 is 2.82 bits per heavy atom. The summed E-state index contributed by atoms with van der Waals surface area (Å²) in [5.41, 5.74) is 3.32. The van der Waals surface area contributed by atoms with Crippen LogP contribution in [0, 0.1) is 6.92 Å². The molecule has 1 N–H and O–H groups in total. The predicted molar refractivity (Wildman–Crippen MR) is 106 cm³/mol. The van der Waals surface area contributed by atoms with Crippen molar-refractivity contribution in [2.24, 2.45) is 7.05 Å². The van der Waals surface area contributed by atoms with Crippen molar-refractivity contribution in [3.63, 3.8) is 0 Å². The minimum atomic E-state index is -0.283. The first-order chi connectivity index (χ1) is 13.5. The molecule has 0 aliphatic heterocycles. The van der Waals surface area contributed by atoms with E-state index in [0.717, 1.165) is 17.0 Å². The van der Waals surface area contributed by atoms with Crippen molar-refractivity contribution in [1.82, 2.24) is 30.1 Å². The second kappa shape index (κ2) is 7.43. The zero-order valence-corrected chi connectivity index (χ0v) is 16.4. The molecule has 0 radical (unpaired) electrons. The van der Waals surface area contributed by atoms with Crippen molar-refractivity contribution in [2.45, 2.75) is 24.3 Å². The lowest BCUT2D eigenvalue weighted by Gasteiger charge is -2.07. The van der Waals surface area contributed by atoms with E-state index < -0.39 is 0 Å². The highest BCUT2D eigenvalue weighted by Crippen LogP contribution is 2.35. The molecule has 0 spiro atoms. The highest BCUT2D eigenvalue weighted by Gasteiger charge is 2.19. The van der Waals surface area contributed by atoms with E-state index in [4.69, 9.17) is 4.52 Å². The number of thioether (sulfide) groups is 1. The summed E-state index contributed by atoms with van der Waals surface area (Å²) >= 11 is 1.52. The minimum Gasteiger partial charge on any atom is -0.356 e. The van der Waals surface area contributed by atoms with Gasteiger partial charge in [0.2, 0.25) is 0 Å². The maximum absolute atomic E-state index is 11.5. The number of benzene rings is 1. The number of hydrogen-bond acceptors (Lipinski definition) is 7. The average molecular weight is 394 g/mol. The van der Waals surface area contributed by atoms with Gasteiger partial charge in [-0.1, -0.05) is 40.7 Å². The molecule has 4 rings (SSSR count). The Bertz CT molecular complexity index is 1180. The lowest BCUT2D eigenvalue weighted by Crippen LogP contribution is -2.07. The van der Waals surface area contributed by atoms with E-state index in [2.05, 4.69) is 31.6 Å². The Hall–Kier alpha value is -3.20. The number of rotatable bonds is 5. The molecule has 28 heavy (non-hydrogen) atoms. The van der Waals surface area contributed by atoms with Crippen molar-refractivity contribution in [3.8, 4) is 22.7 Å². The fourth-order valence-electron chi connectivity index (χ4n) is 2.80. The number of aromatic nitrogens is 6. The highest BCUT2D eigenvalue weighted by molar-refractivity contribution is 7.99. The van der Waals surface area contributed by atoms with E-state index in [0.29, 0.717) is 16.5 Å². The monoisotopic (exact) mass is 394 g/mol. The van der Waals surface area contributed by atoms with Crippen molar-refractivity contribution in [3.05, 3.63) is 64.2 Å². The predicted octanol–water partition coefficient (Wildman–Crippen LogP) is 3.38. The van der Waals surface area contributed by atoms with Gasteiger partial charge in [-0.25, -0.2) is 5.10 Å². The summed E-state index contributed by atoms with van der Waals surface area (Å²) < 4.78 is 7.36. The largest absolute Gasteiger partial charge is 0.356 e. The molecule has 4 aromatic rings. The third kappa shape index (κ3) is 3.61. The van der Waals surface area contributed by atoms with E-state index >= 15 is 0 Å². The second-order valence-corrected chi connectivity index (χ2v) is 7.75. The maximum atomic E-state index is 11.5. The standard InChI is InChI=1S/C19H18N6O2S/c1-11-5-4-6-13(7-11)16-9-15(24-27-16)12(2)28-19-23-22-18(25(19)3)14-8-17(26)21-20-10-14/h4-10,12H,1-3H3,(H,21,26)/t12-/m1/s1. The topological polar surface area (TPSA) is 102 Å². The van der Waals surface area contributed by atoms with Crippen LogP contribution in [0.5, 0.6) is 0 Å². The summed E-state index contributed by atoms with van der Waals surface area (Å²) in [5, 5.41) is 19.5. The summed E-state index contributed by atoms with van der Waals surface area (Å²) in [7, 11) is 1.85. The molecule has 142 valence electrons. The van der Waals surface area contributed by atoms with E-state index in [9.17, 15) is 4.79 Å². The van der Waals surface area contributed by atoms with Crippen LogP contribution in [0.1, 0.15) is 23.4 Å². The molecule has 0 bridgehead atoms. The molecule has 1 atom stereocenters. The van der Waals surface area contributed by atoms with Crippen molar-refractivity contribution in [2.75, 3.05) is 0 Å². The van der Waals surface area contributed by atoms with E-state index in [-0.39, 0.29) is 10.8 Å². The molecule has 0 aliphatic carbocycles. The summed E-state index contributed by atoms with van der Waals surface area (Å²) in [6.45, 7) is 4.08. The Kier molecular flexibility index (Phi) is 4.82. The van der Waals surface area contributed by atoms with Gasteiger partial charge in [-0.3, -0.25) is 4.79 Å². The van der Waals surface area contributed by atoms with Crippen LogP contribution in [0.15, 0.2) is 57.1 Å². The molecular formula is C19H18N6O2S. The fraction of sp³-hybridized carbons (Fsp3) is 0.211. The summed E-state index contributed by atoms with van der Waals surface area (Å²) in [6.07, 6.45) is 1.55. The van der Waals surface area contributed by atoms with Crippen molar-refractivity contribution in [1.29, 1.82) is 0 Å². The van der Waals surface area contributed by atoms with Gasteiger partial charge >= 0.3 is 0 Å². The van der Waals surface area contributed by atoms with Gasteiger partial charge in [0.15, 0.2) is 16.7 Å². The molecule has 0 unspecified atom stereocenters. The lowest BCUT2D eigenvalue weighted by atomic mass is 10.1. The SMILES string of the molecule is Cc1cccc(-c2cc([C@@H](C)Sc3nnc(-c4cn[nH]c(=O)c4)n3C)no2)c1. The average Bonchev–Trinajstić information content (AvgIpc) is 3.30. The van der Waals surface area contributed by atoms with Crippen LogP contribution in [-0.4, -0.2) is 30.1 Å². The van der Waals surface area contributed by atoms with Gasteiger partial charge in [0.25, 0.3) is 5.56 Å². The number of nitrogens with one attached hydrogen (secondary N) is 1. The first-order valence-electron chi connectivity index (χ1n) is 8.66. The molecule has 0 saturated carbocycles. The van der Waals surface area contributed by atoms with Crippen molar-refractivity contribution < 1.29 is 4.52 Å². The normalized spacial score (nSPS) is 12.2. The quantitative estimate of drug-likeness (QED) is 0.518. The molecule has 9 heteroatoms. The van der Waals surface area contributed by atoms with Gasteiger partial charge in [0, 0.05) is 30.3 Å². The van der Waals surface area contributed by atoms with Gasteiger partial charge in [-0.15, -0.1) is 10.2 Å². The summed E-state index contributed by atoms with van der Waals surface area (Å²) in [5.74, 6) is 1.31. The van der Waals surface area contributed by atoms with Gasteiger partial charge in [0.05, 0.1) is 17.1 Å². The smallest absolute Gasteiger partial charge is 0.264 e. The van der Waals surface area contributed by atoms with Crippen LogP contribution in [0.4, 0.5) is 0 Å². The molecule has 8 nitrogen and oxygen atoms in total. The molecule has 3 aromatic heterocycles. The van der Waals surface area contributed by atoms with Crippen LogP contribution in [0.2, 0.25) is 0 Å². The number of H-pyrrole nitrogens is 1. The second-order valence-electron chi connectivity index (χ2n) is 6.44. The number of aromatic amines is 1. The van der Waals surface area contributed by atoms with Gasteiger partial charge in [-0.05, 0) is 19.9 Å². The third-order valence-electron chi connectivity index (χ3n) is 4.29.